The van der Waals surface area contributed by atoms with Crippen molar-refractivity contribution in [3.05, 3.63) is 12.7 Å². The van der Waals surface area contributed by atoms with Gasteiger partial charge in [0.2, 0.25) is 0 Å². The largest absolute Gasteiger partial charge is 0.465 e. The molecular weight excluding hydrogens is 196 g/mol. The number of carbonyl (C=O) groups is 2. The van der Waals surface area contributed by atoms with Crippen molar-refractivity contribution >= 4 is 11.9 Å². The van der Waals surface area contributed by atoms with Crippen LogP contribution in [0, 0.1) is 5.92 Å². The molecule has 1 fully saturated rings. The summed E-state index contributed by atoms with van der Waals surface area (Å²) >= 11 is 0. The maximum Gasteiger partial charge on any atom is 0.330 e. The lowest BCUT2D eigenvalue weighted by Crippen LogP contribution is -2.18. The van der Waals surface area contributed by atoms with E-state index >= 15 is 0 Å². The molecule has 0 spiro atoms. The van der Waals surface area contributed by atoms with Crippen molar-refractivity contribution in [2.75, 3.05) is 13.2 Å². The molecule has 4 heteroatoms. The van der Waals surface area contributed by atoms with E-state index in [4.69, 9.17) is 9.47 Å². The number of rotatable bonds is 4. The lowest BCUT2D eigenvalue weighted by molar-refractivity contribution is -0.149. The van der Waals surface area contributed by atoms with Crippen molar-refractivity contribution in [3.63, 3.8) is 0 Å². The molecule has 4 nitrogen and oxygen atoms in total. The van der Waals surface area contributed by atoms with Gasteiger partial charge in [-0.15, -0.1) is 0 Å². The smallest absolute Gasteiger partial charge is 0.330 e. The molecule has 0 aromatic carbocycles. The highest BCUT2D eigenvalue weighted by Gasteiger charge is 2.22. The van der Waals surface area contributed by atoms with Gasteiger partial charge in [-0.3, -0.25) is 4.79 Å². The first kappa shape index (κ1) is 11.8. The molecule has 84 valence electrons. The normalized spacial score (nSPS) is 21.3. The Hall–Kier alpha value is -1.32. The maximum absolute atomic E-state index is 11.4. The van der Waals surface area contributed by atoms with Crippen molar-refractivity contribution < 1.29 is 19.1 Å². The van der Waals surface area contributed by atoms with Gasteiger partial charge in [-0.25, -0.2) is 4.79 Å². The minimum atomic E-state index is -0.447. The highest BCUT2D eigenvalue weighted by molar-refractivity contribution is 5.81. The maximum atomic E-state index is 11.4. The van der Waals surface area contributed by atoms with Crippen molar-refractivity contribution in [3.8, 4) is 0 Å². The summed E-state index contributed by atoms with van der Waals surface area (Å²) in [5, 5.41) is 0. The topological polar surface area (TPSA) is 52.6 Å². The van der Waals surface area contributed by atoms with Gasteiger partial charge < -0.3 is 9.47 Å². The fourth-order valence-corrected chi connectivity index (χ4v) is 1.52. The Bertz CT molecular complexity index is 247. The summed E-state index contributed by atoms with van der Waals surface area (Å²) in [7, 11) is 0. The second kappa shape index (κ2) is 6.22. The van der Waals surface area contributed by atoms with E-state index < -0.39 is 5.97 Å². The zero-order valence-electron chi connectivity index (χ0n) is 8.74. The van der Waals surface area contributed by atoms with E-state index in [9.17, 15) is 9.59 Å². The minimum absolute atomic E-state index is 0.120. The number of hydrogen-bond acceptors (Lipinski definition) is 4. The van der Waals surface area contributed by atoms with Crippen LogP contribution in [0.3, 0.4) is 0 Å². The Labute approximate surface area is 89.2 Å². The molecule has 1 aliphatic heterocycles. The Morgan fingerprint density at radius 3 is 3.13 bits per heavy atom. The van der Waals surface area contributed by atoms with Gasteiger partial charge in [-0.05, 0) is 25.7 Å². The summed E-state index contributed by atoms with van der Waals surface area (Å²) < 4.78 is 9.82. The molecule has 0 aromatic heterocycles. The van der Waals surface area contributed by atoms with Crippen molar-refractivity contribution in [1.82, 2.24) is 0 Å². The number of esters is 2. The number of ether oxygens (including phenoxy) is 2. The Balaban J connectivity index is 2.26. The number of carbonyl (C=O) groups excluding carboxylic acids is 2. The second-order valence-corrected chi connectivity index (χ2v) is 3.52. The average Bonchev–Trinajstić information content (AvgIpc) is 2.44. The third-order valence-electron chi connectivity index (χ3n) is 2.40. The summed E-state index contributed by atoms with van der Waals surface area (Å²) in [5.41, 5.74) is 0. The van der Waals surface area contributed by atoms with E-state index in [1.165, 1.54) is 0 Å². The molecule has 1 atom stereocenters. The van der Waals surface area contributed by atoms with Crippen molar-refractivity contribution in [2.45, 2.75) is 25.7 Å². The first-order chi connectivity index (χ1) is 7.24. The van der Waals surface area contributed by atoms with Gasteiger partial charge in [0.25, 0.3) is 0 Å². The average molecular weight is 212 g/mol. The summed E-state index contributed by atoms with van der Waals surface area (Å²) in [6.07, 6.45) is 4.40. The van der Waals surface area contributed by atoms with Crippen LogP contribution in [0.1, 0.15) is 25.7 Å². The fourth-order valence-electron chi connectivity index (χ4n) is 1.52. The van der Waals surface area contributed by atoms with Crippen molar-refractivity contribution in [1.29, 1.82) is 0 Å². The molecule has 0 aromatic rings. The predicted molar refractivity (Wildman–Crippen MR) is 54.1 cm³/mol. The molecule has 0 N–H and O–H groups in total. The van der Waals surface area contributed by atoms with Crippen LogP contribution < -0.4 is 0 Å². The van der Waals surface area contributed by atoms with Gasteiger partial charge >= 0.3 is 11.9 Å². The lowest BCUT2D eigenvalue weighted by atomic mass is 10.0. The molecular formula is C11H16O4. The van der Waals surface area contributed by atoms with Crippen LogP contribution in [0.15, 0.2) is 12.7 Å². The van der Waals surface area contributed by atoms with E-state index in [0.717, 1.165) is 25.3 Å². The first-order valence-electron chi connectivity index (χ1n) is 5.20. The van der Waals surface area contributed by atoms with Crippen LogP contribution >= 0.6 is 0 Å². The van der Waals surface area contributed by atoms with Gasteiger partial charge in [-0.1, -0.05) is 6.58 Å². The van der Waals surface area contributed by atoms with Crippen molar-refractivity contribution in [2.24, 2.45) is 5.92 Å². The van der Waals surface area contributed by atoms with E-state index in [2.05, 4.69) is 6.58 Å². The second-order valence-electron chi connectivity index (χ2n) is 3.52. The fraction of sp³-hybridized carbons (Fsp3) is 0.636. The molecule has 0 saturated carbocycles. The molecule has 0 radical (unpaired) electrons. The summed E-state index contributed by atoms with van der Waals surface area (Å²) in [4.78, 5) is 22.1. The molecule has 1 heterocycles. The van der Waals surface area contributed by atoms with E-state index in [1.54, 1.807) is 0 Å². The summed E-state index contributed by atoms with van der Waals surface area (Å²) in [5.74, 6) is -0.732. The molecule has 0 bridgehead atoms. The monoisotopic (exact) mass is 212 g/mol. The molecule has 1 saturated heterocycles. The highest BCUT2D eigenvalue weighted by atomic mass is 16.5. The van der Waals surface area contributed by atoms with Gasteiger partial charge in [0.15, 0.2) is 0 Å². The van der Waals surface area contributed by atoms with Crippen LogP contribution in [-0.2, 0) is 19.1 Å². The predicted octanol–water partition coefficient (Wildman–Crippen LogP) is 1.45. The zero-order chi connectivity index (χ0) is 11.1. The molecule has 0 amide bonds. The summed E-state index contributed by atoms with van der Waals surface area (Å²) in [6.45, 7) is 4.06. The van der Waals surface area contributed by atoms with Crippen LogP contribution in [0.4, 0.5) is 0 Å². The molecule has 15 heavy (non-hydrogen) atoms. The van der Waals surface area contributed by atoms with Gasteiger partial charge in [0.1, 0.15) is 0 Å². The SMILES string of the molecule is C=CC(=O)OCCC1CCCCOC1=O. The molecule has 1 aliphatic rings. The van der Waals surface area contributed by atoms with Gasteiger partial charge in [0.05, 0.1) is 19.1 Å². The quantitative estimate of drug-likeness (QED) is 0.522. The Morgan fingerprint density at radius 2 is 2.40 bits per heavy atom. The Morgan fingerprint density at radius 1 is 1.60 bits per heavy atom. The van der Waals surface area contributed by atoms with Crippen LogP contribution in [0.5, 0.6) is 0 Å². The molecule has 1 unspecified atom stereocenters. The lowest BCUT2D eigenvalue weighted by Gasteiger charge is -2.11. The third kappa shape index (κ3) is 4.14. The van der Waals surface area contributed by atoms with Gasteiger partial charge in [-0.2, -0.15) is 0 Å². The summed E-state index contributed by atoms with van der Waals surface area (Å²) in [6, 6.07) is 0. The standard InChI is InChI=1S/C11H16O4/c1-2-10(12)14-8-6-9-5-3-4-7-15-11(9)13/h2,9H,1,3-8H2. The molecule has 1 rings (SSSR count). The Kier molecular flexibility index (Phi) is 4.87. The highest BCUT2D eigenvalue weighted by Crippen LogP contribution is 2.18. The number of hydrogen-bond donors (Lipinski definition) is 0. The van der Waals surface area contributed by atoms with Crippen LogP contribution in [0.2, 0.25) is 0 Å². The first-order valence-corrected chi connectivity index (χ1v) is 5.20. The van der Waals surface area contributed by atoms with Crippen LogP contribution in [0.25, 0.3) is 0 Å². The third-order valence-corrected chi connectivity index (χ3v) is 2.40. The number of cyclic esters (lactones) is 1. The minimum Gasteiger partial charge on any atom is -0.465 e. The zero-order valence-corrected chi connectivity index (χ0v) is 8.74. The van der Waals surface area contributed by atoms with E-state index in [1.807, 2.05) is 0 Å². The van der Waals surface area contributed by atoms with E-state index in [-0.39, 0.29) is 18.5 Å². The van der Waals surface area contributed by atoms with E-state index in [0.29, 0.717) is 13.0 Å². The van der Waals surface area contributed by atoms with Gasteiger partial charge in [0, 0.05) is 6.08 Å². The van der Waals surface area contributed by atoms with Crippen LogP contribution in [-0.4, -0.2) is 25.2 Å². The molecule has 0 aliphatic carbocycles.